The van der Waals surface area contributed by atoms with Crippen molar-refractivity contribution in [3.05, 3.63) is 34.1 Å². The molecule has 0 saturated heterocycles. The number of rotatable bonds is 5. The molecule has 0 amide bonds. The van der Waals surface area contributed by atoms with E-state index in [0.717, 1.165) is 16.6 Å². The van der Waals surface area contributed by atoms with Gasteiger partial charge in [-0.2, -0.15) is 4.98 Å². The van der Waals surface area contributed by atoms with Gasteiger partial charge in [-0.3, -0.25) is 0 Å². The van der Waals surface area contributed by atoms with Gasteiger partial charge >= 0.3 is 0 Å². The maximum Gasteiger partial charge on any atom is 0.240 e. The Morgan fingerprint density at radius 2 is 2.16 bits per heavy atom. The van der Waals surface area contributed by atoms with Crippen LogP contribution in [0.5, 0.6) is 0 Å². The van der Waals surface area contributed by atoms with Crippen molar-refractivity contribution in [1.29, 1.82) is 0 Å². The van der Waals surface area contributed by atoms with Gasteiger partial charge in [0.05, 0.1) is 6.54 Å². The summed E-state index contributed by atoms with van der Waals surface area (Å²) in [6.07, 6.45) is 0. The van der Waals surface area contributed by atoms with Gasteiger partial charge in [-0.15, -0.1) is 0 Å². The number of hydrogen-bond acceptors (Lipinski definition) is 4. The molecule has 0 aliphatic carbocycles. The lowest BCUT2D eigenvalue weighted by Gasteiger charge is -2.03. The van der Waals surface area contributed by atoms with Gasteiger partial charge in [0.2, 0.25) is 11.7 Å². The second kappa shape index (κ2) is 6.30. The molecule has 0 fully saturated rings. The van der Waals surface area contributed by atoms with E-state index in [9.17, 15) is 0 Å². The summed E-state index contributed by atoms with van der Waals surface area (Å²) in [5.74, 6) is 1.84. The first-order valence-electron chi connectivity index (χ1n) is 6.36. The quantitative estimate of drug-likeness (QED) is 0.914. The highest BCUT2D eigenvalue weighted by Crippen LogP contribution is 2.26. The lowest BCUT2D eigenvalue weighted by molar-refractivity contribution is 0.364. The van der Waals surface area contributed by atoms with Gasteiger partial charge in [0, 0.05) is 10.0 Å². The Balaban J connectivity index is 2.08. The third kappa shape index (κ3) is 3.88. The van der Waals surface area contributed by atoms with E-state index in [-0.39, 0.29) is 0 Å². The first-order chi connectivity index (χ1) is 9.06. The van der Waals surface area contributed by atoms with E-state index in [2.05, 4.69) is 45.2 Å². The summed E-state index contributed by atoms with van der Waals surface area (Å²) in [5, 5.41) is 7.30. The number of aromatic nitrogens is 2. The topological polar surface area (TPSA) is 51.0 Å². The molecule has 0 aliphatic heterocycles. The van der Waals surface area contributed by atoms with E-state index in [1.165, 1.54) is 5.56 Å². The third-order valence-electron chi connectivity index (χ3n) is 2.66. The number of nitrogens with zero attached hydrogens (tertiary/aromatic N) is 2. The number of halogens is 1. The van der Waals surface area contributed by atoms with Gasteiger partial charge in [0.25, 0.3) is 0 Å². The Bertz CT molecular complexity index is 551. The molecule has 102 valence electrons. The van der Waals surface area contributed by atoms with Crippen LogP contribution < -0.4 is 5.32 Å². The minimum atomic E-state index is 0.605. The van der Waals surface area contributed by atoms with Crippen LogP contribution in [0.2, 0.25) is 0 Å². The molecular weight excluding hydrogens is 306 g/mol. The summed E-state index contributed by atoms with van der Waals surface area (Å²) in [5.41, 5.74) is 2.14. The molecule has 2 aromatic rings. The Morgan fingerprint density at radius 1 is 1.37 bits per heavy atom. The van der Waals surface area contributed by atoms with E-state index in [1.54, 1.807) is 0 Å². The molecular formula is C14H18BrN3O. The fourth-order valence-corrected chi connectivity index (χ4v) is 2.38. The minimum absolute atomic E-state index is 0.605. The van der Waals surface area contributed by atoms with Crippen LogP contribution in [0, 0.1) is 12.8 Å². The second-order valence-corrected chi connectivity index (χ2v) is 5.87. The van der Waals surface area contributed by atoms with Crippen molar-refractivity contribution >= 4 is 15.9 Å². The highest BCUT2D eigenvalue weighted by molar-refractivity contribution is 9.10. The fourth-order valence-electron chi connectivity index (χ4n) is 1.71. The average Bonchev–Trinajstić information content (AvgIpc) is 2.77. The summed E-state index contributed by atoms with van der Waals surface area (Å²) in [7, 11) is 0. The number of benzene rings is 1. The molecule has 0 radical (unpaired) electrons. The van der Waals surface area contributed by atoms with Crippen LogP contribution in [-0.4, -0.2) is 16.7 Å². The van der Waals surface area contributed by atoms with Crippen molar-refractivity contribution in [1.82, 2.24) is 15.5 Å². The van der Waals surface area contributed by atoms with Crippen molar-refractivity contribution in [2.24, 2.45) is 5.92 Å². The van der Waals surface area contributed by atoms with Gasteiger partial charge in [-0.05, 0) is 37.1 Å². The normalized spacial score (nSPS) is 11.2. The van der Waals surface area contributed by atoms with Crippen LogP contribution in [-0.2, 0) is 6.54 Å². The molecule has 0 bridgehead atoms. The summed E-state index contributed by atoms with van der Waals surface area (Å²) in [4.78, 5) is 4.40. The zero-order chi connectivity index (χ0) is 13.8. The van der Waals surface area contributed by atoms with E-state index in [0.29, 0.717) is 24.2 Å². The Kier molecular flexibility index (Phi) is 4.71. The van der Waals surface area contributed by atoms with Crippen molar-refractivity contribution in [2.75, 3.05) is 6.54 Å². The van der Waals surface area contributed by atoms with Crippen molar-refractivity contribution < 1.29 is 4.52 Å². The maximum absolute atomic E-state index is 5.24. The van der Waals surface area contributed by atoms with Crippen molar-refractivity contribution in [3.63, 3.8) is 0 Å². The largest absolute Gasteiger partial charge is 0.338 e. The van der Waals surface area contributed by atoms with E-state index in [4.69, 9.17) is 4.52 Å². The molecule has 1 N–H and O–H groups in total. The first-order valence-corrected chi connectivity index (χ1v) is 7.15. The number of aryl methyl sites for hydroxylation is 1. The highest BCUT2D eigenvalue weighted by Gasteiger charge is 2.11. The molecule has 0 unspecified atom stereocenters. The van der Waals surface area contributed by atoms with E-state index < -0.39 is 0 Å². The molecule has 5 heteroatoms. The lowest BCUT2D eigenvalue weighted by Crippen LogP contribution is -2.19. The SMILES string of the molecule is Cc1ccc(-c2noc(CNCC(C)C)n2)c(Br)c1. The predicted octanol–water partition coefficient (Wildman–Crippen LogP) is 3.55. The molecule has 0 atom stereocenters. The molecule has 0 saturated carbocycles. The summed E-state index contributed by atoms with van der Waals surface area (Å²) in [6.45, 7) is 7.91. The van der Waals surface area contributed by atoms with Crippen LogP contribution in [0.15, 0.2) is 27.2 Å². The average molecular weight is 324 g/mol. The smallest absolute Gasteiger partial charge is 0.240 e. The predicted molar refractivity (Wildman–Crippen MR) is 78.7 cm³/mol. The monoisotopic (exact) mass is 323 g/mol. The number of hydrogen-bond donors (Lipinski definition) is 1. The Hall–Kier alpha value is -1.20. The molecule has 1 aromatic carbocycles. The van der Waals surface area contributed by atoms with Crippen molar-refractivity contribution in [2.45, 2.75) is 27.3 Å². The van der Waals surface area contributed by atoms with Crippen LogP contribution in [0.25, 0.3) is 11.4 Å². The molecule has 1 aromatic heterocycles. The highest BCUT2D eigenvalue weighted by atomic mass is 79.9. The van der Waals surface area contributed by atoms with Crippen LogP contribution in [0.1, 0.15) is 25.3 Å². The molecule has 4 nitrogen and oxygen atoms in total. The fraction of sp³-hybridized carbons (Fsp3) is 0.429. The van der Waals surface area contributed by atoms with Gasteiger partial charge in [-0.1, -0.05) is 41.0 Å². The van der Waals surface area contributed by atoms with Gasteiger partial charge in [0.15, 0.2) is 0 Å². The second-order valence-electron chi connectivity index (χ2n) is 5.02. The molecule has 0 aliphatic rings. The van der Waals surface area contributed by atoms with Crippen LogP contribution in [0.3, 0.4) is 0 Å². The standard InChI is InChI=1S/C14H18BrN3O/c1-9(2)7-16-8-13-17-14(18-19-13)11-5-4-10(3)6-12(11)15/h4-6,9,16H,7-8H2,1-3H3. The van der Waals surface area contributed by atoms with E-state index in [1.807, 2.05) is 25.1 Å². The maximum atomic E-state index is 5.24. The molecule has 1 heterocycles. The summed E-state index contributed by atoms with van der Waals surface area (Å²) in [6, 6.07) is 6.07. The van der Waals surface area contributed by atoms with Crippen LogP contribution >= 0.6 is 15.9 Å². The van der Waals surface area contributed by atoms with Gasteiger partial charge < -0.3 is 9.84 Å². The molecule has 0 spiro atoms. The first kappa shape index (κ1) is 14.2. The lowest BCUT2D eigenvalue weighted by atomic mass is 10.1. The van der Waals surface area contributed by atoms with Gasteiger partial charge in [0.1, 0.15) is 0 Å². The van der Waals surface area contributed by atoms with E-state index >= 15 is 0 Å². The molecule has 19 heavy (non-hydrogen) atoms. The van der Waals surface area contributed by atoms with Crippen LogP contribution in [0.4, 0.5) is 0 Å². The Labute approximate surface area is 121 Å². The minimum Gasteiger partial charge on any atom is -0.338 e. The Morgan fingerprint density at radius 3 is 2.84 bits per heavy atom. The van der Waals surface area contributed by atoms with Gasteiger partial charge in [-0.25, -0.2) is 0 Å². The molecule has 2 rings (SSSR count). The third-order valence-corrected chi connectivity index (χ3v) is 3.32. The van der Waals surface area contributed by atoms with Crippen molar-refractivity contribution in [3.8, 4) is 11.4 Å². The summed E-state index contributed by atoms with van der Waals surface area (Å²) < 4.78 is 6.22. The summed E-state index contributed by atoms with van der Waals surface area (Å²) >= 11 is 3.53. The zero-order valence-electron chi connectivity index (χ0n) is 11.4. The number of nitrogens with one attached hydrogen (secondary N) is 1. The zero-order valence-corrected chi connectivity index (χ0v) is 13.0.